The van der Waals surface area contributed by atoms with Crippen molar-refractivity contribution in [3.05, 3.63) is 36.0 Å². The van der Waals surface area contributed by atoms with Crippen LogP contribution in [0.2, 0.25) is 0 Å². The Morgan fingerprint density at radius 1 is 1.37 bits per heavy atom. The maximum Gasteiger partial charge on any atom is 0.318 e. The molecule has 0 saturated heterocycles. The van der Waals surface area contributed by atoms with Gasteiger partial charge in [0.15, 0.2) is 0 Å². The number of aromatic nitrogens is 3. The van der Waals surface area contributed by atoms with Crippen LogP contribution in [-0.2, 0) is 13.1 Å². The van der Waals surface area contributed by atoms with E-state index in [9.17, 15) is 0 Å². The first-order valence-electron chi connectivity index (χ1n) is 6.31. The first-order valence-corrected chi connectivity index (χ1v) is 6.31. The summed E-state index contributed by atoms with van der Waals surface area (Å²) in [5.41, 5.74) is 1.10. The van der Waals surface area contributed by atoms with E-state index >= 15 is 0 Å². The Labute approximate surface area is 112 Å². The minimum Gasteiger partial charge on any atom is -0.407 e. The van der Waals surface area contributed by atoms with E-state index in [0.29, 0.717) is 31.0 Å². The van der Waals surface area contributed by atoms with Gasteiger partial charge in [0.1, 0.15) is 0 Å². The lowest BCUT2D eigenvalue weighted by Gasteiger charge is -2.13. The van der Waals surface area contributed by atoms with Crippen molar-refractivity contribution in [2.75, 3.05) is 11.9 Å². The largest absolute Gasteiger partial charge is 0.407 e. The van der Waals surface area contributed by atoms with Gasteiger partial charge in [-0.1, -0.05) is 25.0 Å². The lowest BCUT2D eigenvalue weighted by molar-refractivity contribution is 0.449. The smallest absolute Gasteiger partial charge is 0.318 e. The molecular formula is C13H19N5O. The molecule has 0 spiro atoms. The average molecular weight is 261 g/mol. The lowest BCUT2D eigenvalue weighted by atomic mass is 10.3. The maximum atomic E-state index is 5.59. The maximum absolute atomic E-state index is 5.59. The fourth-order valence-corrected chi connectivity index (χ4v) is 1.60. The summed E-state index contributed by atoms with van der Waals surface area (Å²) in [4.78, 5) is 5.99. The highest BCUT2D eigenvalue weighted by Crippen LogP contribution is 2.13. The molecule has 2 aromatic heterocycles. The molecule has 0 unspecified atom stereocenters. The molecule has 0 aliphatic rings. The predicted molar refractivity (Wildman–Crippen MR) is 72.6 cm³/mol. The Balaban J connectivity index is 1.94. The SMILES string of the molecule is CC(C)NCc1nnc(N(C)Cc2cccnc2)o1. The van der Waals surface area contributed by atoms with Crippen molar-refractivity contribution in [2.24, 2.45) is 0 Å². The molecule has 0 aliphatic heterocycles. The number of nitrogens with zero attached hydrogens (tertiary/aromatic N) is 4. The Morgan fingerprint density at radius 3 is 2.89 bits per heavy atom. The van der Waals surface area contributed by atoms with Crippen LogP contribution in [0.15, 0.2) is 28.9 Å². The minimum atomic E-state index is 0.392. The van der Waals surface area contributed by atoms with E-state index in [4.69, 9.17) is 4.42 Å². The molecular weight excluding hydrogens is 242 g/mol. The molecule has 0 radical (unpaired) electrons. The van der Waals surface area contributed by atoms with Crippen LogP contribution in [-0.4, -0.2) is 28.3 Å². The molecule has 0 atom stereocenters. The summed E-state index contributed by atoms with van der Waals surface area (Å²) in [5.74, 6) is 0.599. The molecule has 102 valence electrons. The Morgan fingerprint density at radius 2 is 2.21 bits per heavy atom. The van der Waals surface area contributed by atoms with Gasteiger partial charge in [0.2, 0.25) is 5.89 Å². The molecule has 0 aromatic carbocycles. The fourth-order valence-electron chi connectivity index (χ4n) is 1.60. The van der Waals surface area contributed by atoms with Gasteiger partial charge in [0, 0.05) is 32.0 Å². The molecule has 0 saturated carbocycles. The summed E-state index contributed by atoms with van der Waals surface area (Å²) in [5, 5.41) is 11.3. The van der Waals surface area contributed by atoms with Crippen molar-refractivity contribution in [2.45, 2.75) is 33.0 Å². The molecule has 2 aromatic rings. The van der Waals surface area contributed by atoms with E-state index in [1.54, 1.807) is 6.20 Å². The van der Waals surface area contributed by atoms with Crippen LogP contribution in [0.3, 0.4) is 0 Å². The zero-order chi connectivity index (χ0) is 13.7. The first kappa shape index (κ1) is 13.5. The van der Waals surface area contributed by atoms with E-state index in [0.717, 1.165) is 5.56 Å². The molecule has 2 heterocycles. The molecule has 1 N–H and O–H groups in total. The van der Waals surface area contributed by atoms with Gasteiger partial charge >= 0.3 is 6.01 Å². The van der Waals surface area contributed by atoms with Crippen LogP contribution >= 0.6 is 0 Å². The minimum absolute atomic E-state index is 0.392. The molecule has 0 bridgehead atoms. The summed E-state index contributed by atoms with van der Waals surface area (Å²) in [6.45, 7) is 5.43. The van der Waals surface area contributed by atoms with Gasteiger partial charge in [-0.2, -0.15) is 0 Å². The van der Waals surface area contributed by atoms with Crippen LogP contribution < -0.4 is 10.2 Å². The highest BCUT2D eigenvalue weighted by molar-refractivity contribution is 5.25. The van der Waals surface area contributed by atoms with Crippen molar-refractivity contribution >= 4 is 6.01 Å². The van der Waals surface area contributed by atoms with Crippen LogP contribution in [0, 0.1) is 0 Å². The van der Waals surface area contributed by atoms with Gasteiger partial charge in [0.25, 0.3) is 0 Å². The van der Waals surface area contributed by atoms with Crippen molar-refractivity contribution in [1.29, 1.82) is 0 Å². The van der Waals surface area contributed by atoms with Gasteiger partial charge in [-0.25, -0.2) is 0 Å². The fraction of sp³-hybridized carbons (Fsp3) is 0.462. The number of hydrogen-bond donors (Lipinski definition) is 1. The van der Waals surface area contributed by atoms with Gasteiger partial charge in [0.05, 0.1) is 6.54 Å². The second-order valence-electron chi connectivity index (χ2n) is 4.73. The molecule has 2 rings (SSSR count). The van der Waals surface area contributed by atoms with Gasteiger partial charge in [-0.15, -0.1) is 5.10 Å². The van der Waals surface area contributed by atoms with Crippen LogP contribution in [0.25, 0.3) is 0 Å². The average Bonchev–Trinajstić information content (AvgIpc) is 2.86. The number of pyridine rings is 1. The number of nitrogens with one attached hydrogen (secondary N) is 1. The van der Waals surface area contributed by atoms with Crippen LogP contribution in [0.1, 0.15) is 25.3 Å². The van der Waals surface area contributed by atoms with E-state index < -0.39 is 0 Å². The van der Waals surface area contributed by atoms with E-state index in [1.807, 2.05) is 30.3 Å². The topological polar surface area (TPSA) is 67.1 Å². The molecule has 0 fully saturated rings. The highest BCUT2D eigenvalue weighted by Gasteiger charge is 2.11. The van der Waals surface area contributed by atoms with Crippen LogP contribution in [0.5, 0.6) is 0 Å². The van der Waals surface area contributed by atoms with Crippen LogP contribution in [0.4, 0.5) is 6.01 Å². The first-order chi connectivity index (χ1) is 9.15. The van der Waals surface area contributed by atoms with E-state index in [-0.39, 0.29) is 0 Å². The number of hydrogen-bond acceptors (Lipinski definition) is 6. The van der Waals surface area contributed by atoms with Gasteiger partial charge < -0.3 is 14.6 Å². The summed E-state index contributed by atoms with van der Waals surface area (Å²) >= 11 is 0. The third-order valence-electron chi connectivity index (χ3n) is 2.59. The Hall–Kier alpha value is -1.95. The van der Waals surface area contributed by atoms with Gasteiger partial charge in [-0.3, -0.25) is 4.98 Å². The summed E-state index contributed by atoms with van der Waals surface area (Å²) in [7, 11) is 1.92. The number of anilines is 1. The molecule has 0 amide bonds. The summed E-state index contributed by atoms with van der Waals surface area (Å²) in [6.07, 6.45) is 3.58. The molecule has 6 heteroatoms. The second-order valence-corrected chi connectivity index (χ2v) is 4.73. The third-order valence-corrected chi connectivity index (χ3v) is 2.59. The normalized spacial score (nSPS) is 10.9. The van der Waals surface area contributed by atoms with E-state index in [1.165, 1.54) is 0 Å². The van der Waals surface area contributed by atoms with E-state index in [2.05, 4.69) is 34.3 Å². The lowest BCUT2D eigenvalue weighted by Crippen LogP contribution is -2.22. The predicted octanol–water partition coefficient (Wildman–Crippen LogP) is 1.60. The number of rotatable bonds is 6. The quantitative estimate of drug-likeness (QED) is 0.852. The van der Waals surface area contributed by atoms with Crippen molar-refractivity contribution in [3.63, 3.8) is 0 Å². The molecule has 6 nitrogen and oxygen atoms in total. The summed E-state index contributed by atoms with van der Waals surface area (Å²) in [6, 6.07) is 4.84. The Kier molecular flexibility index (Phi) is 4.46. The van der Waals surface area contributed by atoms with Crippen molar-refractivity contribution < 1.29 is 4.42 Å². The highest BCUT2D eigenvalue weighted by atomic mass is 16.4. The van der Waals surface area contributed by atoms with Crippen molar-refractivity contribution in [1.82, 2.24) is 20.5 Å². The standard InChI is InChI=1S/C13H19N5O/c1-10(2)15-8-12-16-17-13(19-12)18(3)9-11-5-4-6-14-7-11/h4-7,10,15H,8-9H2,1-3H3. The zero-order valence-corrected chi connectivity index (χ0v) is 11.5. The van der Waals surface area contributed by atoms with Crippen molar-refractivity contribution in [3.8, 4) is 0 Å². The van der Waals surface area contributed by atoms with Gasteiger partial charge in [-0.05, 0) is 11.6 Å². The third kappa shape index (κ3) is 4.03. The Bertz CT molecular complexity index is 497. The molecule has 19 heavy (non-hydrogen) atoms. The molecule has 0 aliphatic carbocycles. The second kappa shape index (κ2) is 6.29. The summed E-state index contributed by atoms with van der Waals surface area (Å²) < 4.78 is 5.59. The zero-order valence-electron chi connectivity index (χ0n) is 11.5. The monoisotopic (exact) mass is 261 g/mol.